The monoisotopic (exact) mass is 260 g/mol. The second-order valence-corrected chi connectivity index (χ2v) is 3.84. The van der Waals surface area contributed by atoms with Gasteiger partial charge in [0.2, 0.25) is 6.79 Å². The molecule has 1 aliphatic rings. The maximum Gasteiger partial charge on any atom is 0.231 e. The van der Waals surface area contributed by atoms with Crippen LogP contribution in [-0.2, 0) is 6.61 Å². The first kappa shape index (κ1) is 11.5. The molecule has 1 aromatic heterocycles. The van der Waals surface area contributed by atoms with E-state index in [2.05, 4.69) is 15.4 Å². The number of rotatable bonds is 4. The maximum absolute atomic E-state index is 5.60. The summed E-state index contributed by atoms with van der Waals surface area (Å²) in [4.78, 5) is 8.20. The van der Waals surface area contributed by atoms with Crippen LogP contribution in [0.25, 0.3) is 0 Å². The Morgan fingerprint density at radius 3 is 2.89 bits per heavy atom. The van der Waals surface area contributed by atoms with Crippen molar-refractivity contribution in [2.24, 2.45) is 5.84 Å². The van der Waals surface area contributed by atoms with Crippen LogP contribution >= 0.6 is 0 Å². The van der Waals surface area contributed by atoms with Gasteiger partial charge in [0.25, 0.3) is 0 Å². The van der Waals surface area contributed by atoms with Crippen molar-refractivity contribution in [3.05, 3.63) is 36.3 Å². The molecule has 1 aliphatic heterocycles. The highest BCUT2D eigenvalue weighted by Gasteiger charge is 2.13. The Labute approximate surface area is 109 Å². The fraction of sp³-hybridized carbons (Fsp3) is 0.167. The third-order valence-corrected chi connectivity index (χ3v) is 2.58. The minimum Gasteiger partial charge on any atom is -0.487 e. The Morgan fingerprint density at radius 2 is 2.11 bits per heavy atom. The van der Waals surface area contributed by atoms with Gasteiger partial charge in [-0.15, -0.1) is 0 Å². The average molecular weight is 260 g/mol. The van der Waals surface area contributed by atoms with Gasteiger partial charge >= 0.3 is 0 Å². The normalized spacial score (nSPS) is 12.3. The predicted molar refractivity (Wildman–Crippen MR) is 66.7 cm³/mol. The van der Waals surface area contributed by atoms with E-state index in [0.29, 0.717) is 29.6 Å². The molecule has 7 nitrogen and oxygen atoms in total. The first-order valence-electron chi connectivity index (χ1n) is 5.65. The first-order chi connectivity index (χ1) is 9.35. The molecule has 2 aromatic rings. The molecule has 7 heteroatoms. The third-order valence-electron chi connectivity index (χ3n) is 2.58. The van der Waals surface area contributed by atoms with Crippen molar-refractivity contribution in [3.63, 3.8) is 0 Å². The molecule has 0 radical (unpaired) electrons. The van der Waals surface area contributed by atoms with E-state index in [0.717, 1.165) is 5.75 Å². The van der Waals surface area contributed by atoms with E-state index in [1.54, 1.807) is 18.5 Å². The van der Waals surface area contributed by atoms with Crippen LogP contribution in [-0.4, -0.2) is 16.8 Å². The van der Waals surface area contributed by atoms with Crippen LogP contribution < -0.4 is 25.5 Å². The summed E-state index contributed by atoms with van der Waals surface area (Å²) in [5.41, 5.74) is 3.12. The fourth-order valence-electron chi connectivity index (χ4n) is 1.63. The quantitative estimate of drug-likeness (QED) is 0.627. The lowest BCUT2D eigenvalue weighted by molar-refractivity contribution is 0.173. The lowest BCUT2D eigenvalue weighted by Crippen LogP contribution is -2.09. The second kappa shape index (κ2) is 4.99. The molecular formula is C12H12N4O3. The number of hydrogen-bond donors (Lipinski definition) is 2. The van der Waals surface area contributed by atoms with E-state index in [1.165, 1.54) is 0 Å². The van der Waals surface area contributed by atoms with Gasteiger partial charge in [0, 0.05) is 6.07 Å². The SMILES string of the molecule is NNc1cnc(COc2ccc3c(c2)OCO3)cn1. The van der Waals surface area contributed by atoms with E-state index in [-0.39, 0.29) is 6.79 Å². The van der Waals surface area contributed by atoms with E-state index in [9.17, 15) is 0 Å². The largest absolute Gasteiger partial charge is 0.487 e. The molecular weight excluding hydrogens is 248 g/mol. The van der Waals surface area contributed by atoms with Crippen molar-refractivity contribution < 1.29 is 14.2 Å². The highest BCUT2D eigenvalue weighted by atomic mass is 16.7. The van der Waals surface area contributed by atoms with E-state index in [4.69, 9.17) is 20.1 Å². The molecule has 98 valence electrons. The van der Waals surface area contributed by atoms with Crippen LogP contribution in [0.1, 0.15) is 5.69 Å². The summed E-state index contributed by atoms with van der Waals surface area (Å²) < 4.78 is 16.1. The van der Waals surface area contributed by atoms with Crippen molar-refractivity contribution in [2.75, 3.05) is 12.2 Å². The molecule has 3 rings (SSSR count). The number of anilines is 1. The molecule has 0 amide bonds. The van der Waals surface area contributed by atoms with Gasteiger partial charge in [0.05, 0.1) is 18.1 Å². The van der Waals surface area contributed by atoms with Crippen LogP contribution in [0.5, 0.6) is 17.2 Å². The molecule has 19 heavy (non-hydrogen) atoms. The van der Waals surface area contributed by atoms with Crippen molar-refractivity contribution >= 4 is 5.82 Å². The number of nitrogens with one attached hydrogen (secondary N) is 1. The molecule has 1 aromatic carbocycles. The van der Waals surface area contributed by atoms with Gasteiger partial charge in [-0.25, -0.2) is 10.8 Å². The maximum atomic E-state index is 5.60. The summed E-state index contributed by atoms with van der Waals surface area (Å²) in [5, 5.41) is 0. The number of hydrogen-bond acceptors (Lipinski definition) is 7. The molecule has 3 N–H and O–H groups in total. The van der Waals surface area contributed by atoms with Crippen LogP contribution in [0, 0.1) is 0 Å². The predicted octanol–water partition coefficient (Wildman–Crippen LogP) is 1.07. The van der Waals surface area contributed by atoms with Crippen LogP contribution in [0.2, 0.25) is 0 Å². The Bertz CT molecular complexity index is 574. The Kier molecular flexibility index (Phi) is 3.03. The lowest BCUT2D eigenvalue weighted by atomic mass is 10.3. The van der Waals surface area contributed by atoms with Crippen molar-refractivity contribution in [1.29, 1.82) is 0 Å². The summed E-state index contributed by atoms with van der Waals surface area (Å²) in [7, 11) is 0. The molecule has 0 atom stereocenters. The highest BCUT2D eigenvalue weighted by Crippen LogP contribution is 2.35. The summed E-state index contributed by atoms with van der Waals surface area (Å²) in [6.07, 6.45) is 3.14. The van der Waals surface area contributed by atoms with Gasteiger partial charge in [-0.05, 0) is 12.1 Å². The van der Waals surface area contributed by atoms with E-state index < -0.39 is 0 Å². The van der Waals surface area contributed by atoms with Gasteiger partial charge in [0.1, 0.15) is 12.4 Å². The number of aromatic nitrogens is 2. The second-order valence-electron chi connectivity index (χ2n) is 3.84. The summed E-state index contributed by atoms with van der Waals surface area (Å²) >= 11 is 0. The minimum absolute atomic E-state index is 0.248. The number of benzene rings is 1. The summed E-state index contributed by atoms with van der Waals surface area (Å²) in [6, 6.07) is 5.41. The van der Waals surface area contributed by atoms with Crippen molar-refractivity contribution in [2.45, 2.75) is 6.61 Å². The summed E-state index contributed by atoms with van der Waals surface area (Å²) in [6.45, 7) is 0.565. The molecule has 2 heterocycles. The number of hydrazine groups is 1. The van der Waals surface area contributed by atoms with E-state index in [1.807, 2.05) is 12.1 Å². The number of nitrogens with two attached hydrogens (primary N) is 1. The first-order valence-corrected chi connectivity index (χ1v) is 5.65. The van der Waals surface area contributed by atoms with Gasteiger partial charge in [-0.3, -0.25) is 4.98 Å². The fourth-order valence-corrected chi connectivity index (χ4v) is 1.63. The third kappa shape index (κ3) is 2.50. The molecule has 0 saturated carbocycles. The van der Waals surface area contributed by atoms with Gasteiger partial charge < -0.3 is 19.6 Å². The molecule has 0 spiro atoms. The number of nitrogens with zero attached hydrogens (tertiary/aromatic N) is 2. The number of nitrogen functional groups attached to an aromatic ring is 1. The van der Waals surface area contributed by atoms with Gasteiger partial charge in [-0.2, -0.15) is 0 Å². The zero-order chi connectivity index (χ0) is 13.1. The zero-order valence-corrected chi connectivity index (χ0v) is 10.00. The van der Waals surface area contributed by atoms with Gasteiger partial charge in [0.15, 0.2) is 17.3 Å². The molecule has 0 saturated heterocycles. The van der Waals surface area contributed by atoms with E-state index >= 15 is 0 Å². The molecule has 0 unspecified atom stereocenters. The Hall–Kier alpha value is -2.54. The minimum atomic E-state index is 0.248. The highest BCUT2D eigenvalue weighted by molar-refractivity contribution is 5.46. The summed E-state index contributed by atoms with van der Waals surface area (Å²) in [5.74, 6) is 7.81. The van der Waals surface area contributed by atoms with Gasteiger partial charge in [-0.1, -0.05) is 0 Å². The van der Waals surface area contributed by atoms with Crippen LogP contribution in [0.15, 0.2) is 30.6 Å². The topological polar surface area (TPSA) is 91.5 Å². The number of fused-ring (bicyclic) bond motifs is 1. The average Bonchev–Trinajstić information content (AvgIpc) is 2.93. The number of ether oxygens (including phenoxy) is 3. The van der Waals surface area contributed by atoms with Crippen LogP contribution in [0.3, 0.4) is 0 Å². The zero-order valence-electron chi connectivity index (χ0n) is 10.00. The van der Waals surface area contributed by atoms with Crippen molar-refractivity contribution in [3.8, 4) is 17.2 Å². The smallest absolute Gasteiger partial charge is 0.231 e. The molecule has 0 aliphatic carbocycles. The Balaban J connectivity index is 1.65. The standard InChI is InChI=1S/C12H12N4O3/c13-16-12-5-14-8(4-15-12)6-17-9-1-2-10-11(3-9)19-7-18-10/h1-5H,6-7,13H2,(H,15,16). The lowest BCUT2D eigenvalue weighted by Gasteiger charge is -2.06. The van der Waals surface area contributed by atoms with Crippen LogP contribution in [0.4, 0.5) is 5.82 Å². The molecule has 0 bridgehead atoms. The van der Waals surface area contributed by atoms with Crippen molar-refractivity contribution in [1.82, 2.24) is 9.97 Å². The molecule has 0 fully saturated rings. The Morgan fingerprint density at radius 1 is 1.21 bits per heavy atom.